The van der Waals surface area contributed by atoms with Crippen LogP contribution in [0.15, 0.2) is 12.5 Å². The highest BCUT2D eigenvalue weighted by Gasteiger charge is 2.10. The molecule has 4 nitrogen and oxygen atoms in total. The summed E-state index contributed by atoms with van der Waals surface area (Å²) in [5.74, 6) is 0.753. The highest BCUT2D eigenvalue weighted by molar-refractivity contribution is 9.09. The van der Waals surface area contributed by atoms with Crippen molar-refractivity contribution in [2.24, 2.45) is 0 Å². The fraction of sp³-hybridized carbons (Fsp3) is 0.556. The first-order valence-corrected chi connectivity index (χ1v) is 6.05. The molecule has 0 radical (unpaired) electrons. The van der Waals surface area contributed by atoms with E-state index in [0.717, 1.165) is 24.2 Å². The summed E-state index contributed by atoms with van der Waals surface area (Å²) in [7, 11) is 1.67. The molecule has 0 aliphatic carbocycles. The average Bonchev–Trinajstić information content (AvgIpc) is 2.25. The van der Waals surface area contributed by atoms with Crippen LogP contribution in [0.4, 0.5) is 5.82 Å². The van der Waals surface area contributed by atoms with Crippen LogP contribution in [0.2, 0.25) is 5.02 Å². The van der Waals surface area contributed by atoms with Crippen LogP contribution >= 0.6 is 27.5 Å². The third-order valence-electron chi connectivity index (χ3n) is 1.87. The number of alkyl halides is 1. The van der Waals surface area contributed by atoms with Gasteiger partial charge in [-0.2, -0.15) is 0 Å². The van der Waals surface area contributed by atoms with Gasteiger partial charge >= 0.3 is 0 Å². The van der Waals surface area contributed by atoms with Crippen LogP contribution in [0.1, 0.15) is 0 Å². The number of nitrogens with zero attached hydrogens (tertiary/aromatic N) is 3. The molecule has 1 rings (SSSR count). The van der Waals surface area contributed by atoms with Crippen LogP contribution in [0.25, 0.3) is 0 Å². The number of hydrogen-bond donors (Lipinski definition) is 0. The number of aromatic nitrogens is 2. The first-order valence-electron chi connectivity index (χ1n) is 4.55. The lowest BCUT2D eigenvalue weighted by atomic mass is 10.4. The molecule has 15 heavy (non-hydrogen) atoms. The van der Waals surface area contributed by atoms with Gasteiger partial charge in [0.05, 0.1) is 12.8 Å². The van der Waals surface area contributed by atoms with E-state index in [4.69, 9.17) is 16.3 Å². The molecule has 1 heterocycles. The molecule has 0 atom stereocenters. The van der Waals surface area contributed by atoms with Crippen LogP contribution in [0, 0.1) is 0 Å². The Morgan fingerprint density at radius 2 is 2.33 bits per heavy atom. The second-order valence-corrected chi connectivity index (χ2v) is 4.06. The van der Waals surface area contributed by atoms with Crippen molar-refractivity contribution in [3.05, 3.63) is 17.5 Å². The number of hydrogen-bond acceptors (Lipinski definition) is 4. The first kappa shape index (κ1) is 12.7. The third kappa shape index (κ3) is 3.93. The molecule has 0 saturated carbocycles. The quantitative estimate of drug-likeness (QED) is 0.752. The topological polar surface area (TPSA) is 38.2 Å². The van der Waals surface area contributed by atoms with E-state index in [0.29, 0.717) is 11.6 Å². The Hall–Kier alpha value is -0.390. The van der Waals surface area contributed by atoms with E-state index in [1.807, 2.05) is 0 Å². The van der Waals surface area contributed by atoms with Gasteiger partial charge in [-0.1, -0.05) is 27.5 Å². The molecular formula is C9H13BrClN3O. The molecular weight excluding hydrogens is 281 g/mol. The Kier molecular flexibility index (Phi) is 5.90. The van der Waals surface area contributed by atoms with Gasteiger partial charge in [0.25, 0.3) is 0 Å². The summed E-state index contributed by atoms with van der Waals surface area (Å²) in [4.78, 5) is 10.1. The summed E-state index contributed by atoms with van der Waals surface area (Å²) in [6.07, 6.45) is 3.09. The second-order valence-electron chi connectivity index (χ2n) is 2.86. The maximum Gasteiger partial charge on any atom is 0.150 e. The van der Waals surface area contributed by atoms with E-state index in [2.05, 4.69) is 30.8 Å². The van der Waals surface area contributed by atoms with Crippen LogP contribution in [0.3, 0.4) is 0 Å². The van der Waals surface area contributed by atoms with Crippen LogP contribution < -0.4 is 4.90 Å². The zero-order valence-electron chi connectivity index (χ0n) is 8.49. The predicted octanol–water partition coefficient (Wildman–Crippen LogP) is 1.98. The maximum atomic E-state index is 6.01. The molecule has 0 saturated heterocycles. The lowest BCUT2D eigenvalue weighted by molar-refractivity contribution is 0.205. The average molecular weight is 295 g/mol. The van der Waals surface area contributed by atoms with Gasteiger partial charge in [-0.25, -0.2) is 9.97 Å². The molecule has 0 aliphatic rings. The number of methoxy groups -OCH3 is 1. The van der Waals surface area contributed by atoms with Gasteiger partial charge in [0.1, 0.15) is 11.3 Å². The van der Waals surface area contributed by atoms with E-state index in [9.17, 15) is 0 Å². The molecule has 6 heteroatoms. The highest BCUT2D eigenvalue weighted by Crippen LogP contribution is 2.20. The zero-order chi connectivity index (χ0) is 11.1. The van der Waals surface area contributed by atoms with Crippen molar-refractivity contribution in [1.29, 1.82) is 0 Å². The Labute approximate surface area is 103 Å². The van der Waals surface area contributed by atoms with Crippen molar-refractivity contribution in [2.45, 2.75) is 0 Å². The van der Waals surface area contributed by atoms with E-state index < -0.39 is 0 Å². The molecule has 0 bridgehead atoms. The second kappa shape index (κ2) is 6.98. The van der Waals surface area contributed by atoms with E-state index in [-0.39, 0.29) is 0 Å². The number of halogens is 2. The maximum absolute atomic E-state index is 6.01. The monoisotopic (exact) mass is 293 g/mol. The molecule has 0 aromatic carbocycles. The first-order chi connectivity index (χ1) is 7.29. The van der Waals surface area contributed by atoms with Crippen molar-refractivity contribution in [1.82, 2.24) is 9.97 Å². The fourth-order valence-electron chi connectivity index (χ4n) is 1.17. The number of rotatable bonds is 6. The summed E-state index contributed by atoms with van der Waals surface area (Å²) < 4.78 is 5.04. The largest absolute Gasteiger partial charge is 0.383 e. The number of ether oxygens (including phenoxy) is 1. The normalized spacial score (nSPS) is 10.3. The minimum absolute atomic E-state index is 0.564. The SMILES string of the molecule is COCCN(CCBr)c1ncncc1Cl. The Morgan fingerprint density at radius 1 is 1.53 bits per heavy atom. The van der Waals surface area contributed by atoms with Crippen molar-refractivity contribution < 1.29 is 4.74 Å². The summed E-state index contributed by atoms with van der Waals surface area (Å²) >= 11 is 9.41. The predicted molar refractivity (Wildman–Crippen MR) is 64.9 cm³/mol. The molecule has 0 N–H and O–H groups in total. The van der Waals surface area contributed by atoms with Gasteiger partial charge in [0.2, 0.25) is 0 Å². The van der Waals surface area contributed by atoms with Crippen molar-refractivity contribution in [3.63, 3.8) is 0 Å². The molecule has 0 fully saturated rings. The van der Waals surface area contributed by atoms with Crippen LogP contribution in [0.5, 0.6) is 0 Å². The van der Waals surface area contributed by atoms with E-state index in [1.54, 1.807) is 13.3 Å². The minimum Gasteiger partial charge on any atom is -0.383 e. The molecule has 1 aromatic rings. The Morgan fingerprint density at radius 3 is 2.93 bits per heavy atom. The van der Waals surface area contributed by atoms with E-state index >= 15 is 0 Å². The van der Waals surface area contributed by atoms with Gasteiger partial charge in [-0.3, -0.25) is 0 Å². The summed E-state index contributed by atoms with van der Waals surface area (Å²) in [6, 6.07) is 0. The Bertz CT molecular complexity index is 300. The van der Waals surface area contributed by atoms with Crippen LogP contribution in [-0.4, -0.2) is 42.1 Å². The fourth-order valence-corrected chi connectivity index (χ4v) is 1.82. The molecule has 0 amide bonds. The molecule has 84 valence electrons. The zero-order valence-corrected chi connectivity index (χ0v) is 10.8. The van der Waals surface area contributed by atoms with E-state index in [1.165, 1.54) is 6.33 Å². The number of anilines is 1. The van der Waals surface area contributed by atoms with Crippen molar-refractivity contribution in [3.8, 4) is 0 Å². The summed E-state index contributed by atoms with van der Waals surface area (Å²) in [5.41, 5.74) is 0. The highest BCUT2D eigenvalue weighted by atomic mass is 79.9. The summed E-state index contributed by atoms with van der Waals surface area (Å²) in [6.45, 7) is 2.24. The lowest BCUT2D eigenvalue weighted by Crippen LogP contribution is -2.30. The molecule has 0 unspecified atom stereocenters. The lowest BCUT2D eigenvalue weighted by Gasteiger charge is -2.22. The van der Waals surface area contributed by atoms with Gasteiger partial charge < -0.3 is 9.64 Å². The Balaban J connectivity index is 2.74. The van der Waals surface area contributed by atoms with Gasteiger partial charge in [-0.05, 0) is 0 Å². The van der Waals surface area contributed by atoms with Gasteiger partial charge in [0, 0.05) is 25.5 Å². The van der Waals surface area contributed by atoms with Crippen molar-refractivity contribution in [2.75, 3.05) is 37.0 Å². The molecule has 0 spiro atoms. The standard InChI is InChI=1S/C9H13BrClN3O/c1-15-5-4-14(3-2-10)9-8(11)6-12-7-13-9/h6-7H,2-5H2,1H3. The van der Waals surface area contributed by atoms with Gasteiger partial charge in [0.15, 0.2) is 5.82 Å². The minimum atomic E-state index is 0.564. The van der Waals surface area contributed by atoms with Crippen molar-refractivity contribution >= 4 is 33.3 Å². The van der Waals surface area contributed by atoms with Gasteiger partial charge in [-0.15, -0.1) is 0 Å². The van der Waals surface area contributed by atoms with Crippen LogP contribution in [-0.2, 0) is 4.74 Å². The molecule has 1 aromatic heterocycles. The smallest absolute Gasteiger partial charge is 0.150 e. The summed E-state index contributed by atoms with van der Waals surface area (Å²) in [5, 5.41) is 1.42. The third-order valence-corrected chi connectivity index (χ3v) is 2.49. The molecule has 0 aliphatic heterocycles.